The van der Waals surface area contributed by atoms with Crippen molar-refractivity contribution in [2.24, 2.45) is 10.7 Å². The molecule has 3 N–H and O–H groups in total. The minimum Gasteiger partial charge on any atom is -0.493 e. The lowest BCUT2D eigenvalue weighted by molar-refractivity contribution is 0.230. The third-order valence-electron chi connectivity index (χ3n) is 3.34. The highest BCUT2D eigenvalue weighted by Gasteiger charge is 2.08. The SMILES string of the molecule is COc1ccc(NC(N)=NCC(C)Oc2ccccc2Cl)cc1OC.I. The standard InChI is InChI=1S/C18H22ClN3O3.HI/c1-12(25-15-7-5-4-6-14(15)19)11-21-18(20)22-13-8-9-16(23-2)17(10-13)24-3;/h4-10,12H,11H2,1-3H3,(H3,20,21,22);1H. The summed E-state index contributed by atoms with van der Waals surface area (Å²) in [5, 5.41) is 3.57. The Morgan fingerprint density at radius 2 is 1.81 bits per heavy atom. The number of guanidine groups is 1. The molecule has 0 spiro atoms. The first-order chi connectivity index (χ1) is 12.0. The second-order valence-corrected chi connectivity index (χ2v) is 5.69. The van der Waals surface area contributed by atoms with Gasteiger partial charge in [-0.2, -0.15) is 0 Å². The molecule has 0 aromatic heterocycles. The predicted molar refractivity (Wildman–Crippen MR) is 117 cm³/mol. The van der Waals surface area contributed by atoms with Crippen LogP contribution in [0.3, 0.4) is 0 Å². The Labute approximate surface area is 175 Å². The van der Waals surface area contributed by atoms with Crippen LogP contribution in [0.15, 0.2) is 47.5 Å². The highest BCUT2D eigenvalue weighted by atomic mass is 127. The molecule has 0 radical (unpaired) electrons. The molecule has 2 aromatic rings. The van der Waals surface area contributed by atoms with Gasteiger partial charge in [0.25, 0.3) is 0 Å². The van der Waals surface area contributed by atoms with Gasteiger partial charge in [0.05, 0.1) is 25.8 Å². The number of methoxy groups -OCH3 is 2. The zero-order chi connectivity index (χ0) is 18.2. The number of nitrogens with two attached hydrogens (primary N) is 1. The Morgan fingerprint density at radius 3 is 2.46 bits per heavy atom. The van der Waals surface area contributed by atoms with E-state index in [0.29, 0.717) is 28.8 Å². The fraction of sp³-hybridized carbons (Fsp3) is 0.278. The van der Waals surface area contributed by atoms with E-state index in [2.05, 4.69) is 10.3 Å². The highest BCUT2D eigenvalue weighted by molar-refractivity contribution is 14.0. The molecular weight excluding hydrogens is 469 g/mol. The monoisotopic (exact) mass is 491 g/mol. The first-order valence-corrected chi connectivity index (χ1v) is 8.11. The molecule has 0 heterocycles. The van der Waals surface area contributed by atoms with Crippen LogP contribution in [0.25, 0.3) is 0 Å². The first-order valence-electron chi connectivity index (χ1n) is 7.73. The summed E-state index contributed by atoms with van der Waals surface area (Å²) in [7, 11) is 3.16. The molecule has 0 bridgehead atoms. The number of aliphatic imine (C=N–C) groups is 1. The summed E-state index contributed by atoms with van der Waals surface area (Å²) in [6, 6.07) is 12.7. The molecule has 0 amide bonds. The van der Waals surface area contributed by atoms with Crippen LogP contribution in [-0.4, -0.2) is 32.8 Å². The van der Waals surface area contributed by atoms with Gasteiger partial charge in [-0.25, -0.2) is 4.99 Å². The Bertz CT molecular complexity index is 743. The average molecular weight is 492 g/mol. The number of nitrogens with one attached hydrogen (secondary N) is 1. The van der Waals surface area contributed by atoms with E-state index in [1.807, 2.05) is 31.2 Å². The number of halogens is 2. The van der Waals surface area contributed by atoms with E-state index in [1.165, 1.54) is 0 Å². The summed E-state index contributed by atoms with van der Waals surface area (Å²) in [6.07, 6.45) is -0.175. The lowest BCUT2D eigenvalue weighted by atomic mass is 10.3. The van der Waals surface area contributed by atoms with Gasteiger partial charge in [-0.15, -0.1) is 24.0 Å². The average Bonchev–Trinajstić information content (AvgIpc) is 2.62. The summed E-state index contributed by atoms with van der Waals surface area (Å²) < 4.78 is 16.2. The number of para-hydroxylation sites is 1. The number of rotatable bonds is 7. The summed E-state index contributed by atoms with van der Waals surface area (Å²) in [6.45, 7) is 2.29. The molecule has 0 aliphatic rings. The number of benzene rings is 2. The molecule has 0 aliphatic carbocycles. The smallest absolute Gasteiger partial charge is 0.193 e. The fourth-order valence-electron chi connectivity index (χ4n) is 2.12. The first kappa shape index (κ1) is 22.2. The topological polar surface area (TPSA) is 78.1 Å². The quantitative estimate of drug-likeness (QED) is 0.345. The van der Waals surface area contributed by atoms with Gasteiger partial charge < -0.3 is 25.3 Å². The summed E-state index contributed by atoms with van der Waals surface area (Å²) in [5.41, 5.74) is 6.67. The van der Waals surface area contributed by atoms with Crippen molar-refractivity contribution in [2.75, 3.05) is 26.1 Å². The van der Waals surface area contributed by atoms with Crippen LogP contribution in [0.4, 0.5) is 5.69 Å². The second-order valence-electron chi connectivity index (χ2n) is 5.28. The minimum atomic E-state index is -0.175. The van der Waals surface area contributed by atoms with E-state index in [-0.39, 0.29) is 36.0 Å². The van der Waals surface area contributed by atoms with Crippen molar-refractivity contribution >= 4 is 47.2 Å². The van der Waals surface area contributed by atoms with Crippen LogP contribution in [0.1, 0.15) is 6.92 Å². The number of nitrogens with zero attached hydrogens (tertiary/aromatic N) is 1. The maximum atomic E-state index is 6.07. The van der Waals surface area contributed by atoms with Crippen molar-refractivity contribution in [1.82, 2.24) is 0 Å². The molecule has 2 aromatic carbocycles. The Morgan fingerprint density at radius 1 is 1.12 bits per heavy atom. The number of hydrogen-bond acceptors (Lipinski definition) is 4. The lowest BCUT2D eigenvalue weighted by Crippen LogP contribution is -2.25. The molecule has 1 atom stereocenters. The van der Waals surface area contributed by atoms with Crippen molar-refractivity contribution in [3.8, 4) is 17.2 Å². The van der Waals surface area contributed by atoms with Crippen LogP contribution in [0.2, 0.25) is 5.02 Å². The van der Waals surface area contributed by atoms with Crippen molar-refractivity contribution in [3.05, 3.63) is 47.5 Å². The molecule has 0 saturated carbocycles. The Kier molecular flexibility index (Phi) is 9.36. The van der Waals surface area contributed by atoms with E-state index in [9.17, 15) is 0 Å². The van der Waals surface area contributed by atoms with Crippen LogP contribution >= 0.6 is 35.6 Å². The molecule has 1 unspecified atom stereocenters. The maximum absolute atomic E-state index is 6.07. The van der Waals surface area contributed by atoms with Gasteiger partial charge in [-0.05, 0) is 31.2 Å². The molecule has 142 valence electrons. The van der Waals surface area contributed by atoms with Gasteiger partial charge >= 0.3 is 0 Å². The second kappa shape index (κ2) is 11.0. The van der Waals surface area contributed by atoms with Crippen molar-refractivity contribution in [3.63, 3.8) is 0 Å². The zero-order valence-corrected chi connectivity index (χ0v) is 17.9. The molecular formula is C18H23ClIN3O3. The molecule has 0 aliphatic heterocycles. The van der Waals surface area contributed by atoms with E-state index in [4.69, 9.17) is 31.5 Å². The Hall–Kier alpha value is -1.87. The molecule has 0 fully saturated rings. The predicted octanol–water partition coefficient (Wildman–Crippen LogP) is 4.17. The molecule has 8 heteroatoms. The molecule has 26 heavy (non-hydrogen) atoms. The summed E-state index contributed by atoms with van der Waals surface area (Å²) in [4.78, 5) is 4.29. The molecule has 0 saturated heterocycles. The van der Waals surface area contributed by atoms with Crippen molar-refractivity contribution in [1.29, 1.82) is 0 Å². The van der Waals surface area contributed by atoms with Crippen molar-refractivity contribution in [2.45, 2.75) is 13.0 Å². The van der Waals surface area contributed by atoms with Gasteiger partial charge in [0.2, 0.25) is 0 Å². The van der Waals surface area contributed by atoms with Gasteiger partial charge in [0.1, 0.15) is 11.9 Å². The van der Waals surface area contributed by atoms with E-state index < -0.39 is 0 Å². The maximum Gasteiger partial charge on any atom is 0.193 e. The Balaban J connectivity index is 0.00000338. The van der Waals surface area contributed by atoms with Gasteiger partial charge in [-0.1, -0.05) is 23.7 Å². The fourth-order valence-corrected chi connectivity index (χ4v) is 2.30. The van der Waals surface area contributed by atoms with E-state index >= 15 is 0 Å². The summed E-state index contributed by atoms with van der Waals surface area (Å²) in [5.74, 6) is 2.15. The minimum absolute atomic E-state index is 0. The van der Waals surface area contributed by atoms with Crippen LogP contribution in [0.5, 0.6) is 17.2 Å². The number of anilines is 1. The van der Waals surface area contributed by atoms with Gasteiger partial charge in [0, 0.05) is 11.8 Å². The van der Waals surface area contributed by atoms with Gasteiger partial charge in [-0.3, -0.25) is 0 Å². The summed E-state index contributed by atoms with van der Waals surface area (Å²) >= 11 is 6.07. The number of hydrogen-bond donors (Lipinski definition) is 2. The largest absolute Gasteiger partial charge is 0.493 e. The van der Waals surface area contributed by atoms with Crippen LogP contribution in [0, 0.1) is 0 Å². The van der Waals surface area contributed by atoms with E-state index in [0.717, 1.165) is 5.69 Å². The van der Waals surface area contributed by atoms with Crippen LogP contribution < -0.4 is 25.3 Å². The van der Waals surface area contributed by atoms with Crippen LogP contribution in [-0.2, 0) is 0 Å². The lowest BCUT2D eigenvalue weighted by Gasteiger charge is -2.14. The normalized spacial score (nSPS) is 11.9. The van der Waals surface area contributed by atoms with E-state index in [1.54, 1.807) is 32.4 Å². The highest BCUT2D eigenvalue weighted by Crippen LogP contribution is 2.29. The zero-order valence-electron chi connectivity index (χ0n) is 14.9. The third-order valence-corrected chi connectivity index (χ3v) is 3.65. The molecule has 2 rings (SSSR count). The molecule has 6 nitrogen and oxygen atoms in total. The number of ether oxygens (including phenoxy) is 3. The van der Waals surface area contributed by atoms with Crippen molar-refractivity contribution < 1.29 is 14.2 Å². The third kappa shape index (κ3) is 6.45. The van der Waals surface area contributed by atoms with Gasteiger partial charge in [0.15, 0.2) is 17.5 Å².